The smallest absolute Gasteiger partial charge is 0.326 e. The number of carboxylic acid groups (broad SMARTS) is 1. The molecule has 0 saturated carbocycles. The first-order chi connectivity index (χ1) is 9.52. The fourth-order valence-corrected chi connectivity index (χ4v) is 2.04. The summed E-state index contributed by atoms with van der Waals surface area (Å²) in [6, 6.07) is 7.03. The Morgan fingerprint density at radius 2 is 2.05 bits per heavy atom. The largest absolute Gasteiger partial charge is 0.480 e. The molecule has 2 aromatic rings. The molecule has 0 spiro atoms. The maximum atomic E-state index is 12.1. The molecule has 0 aliphatic carbocycles. The molecule has 0 atom stereocenters. The molecule has 7 nitrogen and oxygen atoms in total. The number of rotatable bonds is 5. The summed E-state index contributed by atoms with van der Waals surface area (Å²) < 4.78 is 1.31. The van der Waals surface area contributed by atoms with Gasteiger partial charge in [0.15, 0.2) is 0 Å². The highest BCUT2D eigenvalue weighted by Crippen LogP contribution is 2.09. The first-order valence-electron chi connectivity index (χ1n) is 6.20. The summed E-state index contributed by atoms with van der Waals surface area (Å²) in [4.78, 5) is 38.4. The van der Waals surface area contributed by atoms with Crippen molar-refractivity contribution in [2.45, 2.75) is 13.5 Å². The Morgan fingerprint density at radius 3 is 2.70 bits per heavy atom. The SMILES string of the molecule is CCN(CC(=O)O)C(=O)Cn1c(=O)[nH]c2ccccc21. The van der Waals surface area contributed by atoms with E-state index in [1.807, 2.05) is 0 Å². The topological polar surface area (TPSA) is 95.4 Å². The number of carbonyl (C=O) groups is 2. The summed E-state index contributed by atoms with van der Waals surface area (Å²) in [6.07, 6.45) is 0. The maximum absolute atomic E-state index is 12.1. The molecule has 0 saturated heterocycles. The van der Waals surface area contributed by atoms with Gasteiger partial charge in [-0.15, -0.1) is 0 Å². The summed E-state index contributed by atoms with van der Waals surface area (Å²) in [5, 5.41) is 8.75. The number of fused-ring (bicyclic) bond motifs is 1. The Labute approximate surface area is 114 Å². The molecule has 1 heterocycles. The summed E-state index contributed by atoms with van der Waals surface area (Å²) >= 11 is 0. The van der Waals surface area contributed by atoms with Crippen molar-refractivity contribution in [3.63, 3.8) is 0 Å². The molecule has 1 amide bonds. The Morgan fingerprint density at radius 1 is 1.35 bits per heavy atom. The van der Waals surface area contributed by atoms with Crippen LogP contribution in [0.15, 0.2) is 29.1 Å². The summed E-state index contributed by atoms with van der Waals surface area (Å²) in [6.45, 7) is 1.43. The number of hydrogen-bond donors (Lipinski definition) is 2. The van der Waals surface area contributed by atoms with Gasteiger partial charge in [-0.1, -0.05) is 12.1 Å². The van der Waals surface area contributed by atoms with Crippen LogP contribution in [-0.2, 0) is 16.1 Å². The fourth-order valence-electron chi connectivity index (χ4n) is 2.04. The zero-order chi connectivity index (χ0) is 14.7. The van der Waals surface area contributed by atoms with E-state index in [0.717, 1.165) is 0 Å². The van der Waals surface area contributed by atoms with Gasteiger partial charge in [-0.3, -0.25) is 14.2 Å². The lowest BCUT2D eigenvalue weighted by Gasteiger charge is -2.18. The lowest BCUT2D eigenvalue weighted by molar-refractivity contribution is -0.144. The highest BCUT2D eigenvalue weighted by Gasteiger charge is 2.17. The molecule has 20 heavy (non-hydrogen) atoms. The molecule has 1 aromatic carbocycles. The van der Waals surface area contributed by atoms with E-state index >= 15 is 0 Å². The van der Waals surface area contributed by atoms with Crippen molar-refractivity contribution in [2.24, 2.45) is 0 Å². The van der Waals surface area contributed by atoms with Crippen molar-refractivity contribution >= 4 is 22.9 Å². The molecular formula is C13H15N3O4. The summed E-state index contributed by atoms with van der Waals surface area (Å²) in [7, 11) is 0. The average Bonchev–Trinajstić information content (AvgIpc) is 2.72. The van der Waals surface area contributed by atoms with Gasteiger partial charge in [0.05, 0.1) is 11.0 Å². The lowest BCUT2D eigenvalue weighted by atomic mass is 10.3. The van der Waals surface area contributed by atoms with Crippen molar-refractivity contribution in [3.05, 3.63) is 34.7 Å². The van der Waals surface area contributed by atoms with Crippen LogP contribution < -0.4 is 5.69 Å². The molecular weight excluding hydrogens is 262 g/mol. The van der Waals surface area contributed by atoms with Crippen LogP contribution in [0, 0.1) is 0 Å². The number of nitrogens with zero attached hydrogens (tertiary/aromatic N) is 2. The van der Waals surface area contributed by atoms with E-state index in [4.69, 9.17) is 5.11 Å². The second kappa shape index (κ2) is 5.60. The number of likely N-dealkylation sites (N-methyl/N-ethyl adjacent to an activating group) is 1. The summed E-state index contributed by atoms with van der Waals surface area (Å²) in [5.41, 5.74) is 0.884. The van der Waals surface area contributed by atoms with E-state index in [0.29, 0.717) is 11.0 Å². The number of H-pyrrole nitrogens is 1. The number of amides is 1. The van der Waals surface area contributed by atoms with E-state index in [1.165, 1.54) is 9.47 Å². The van der Waals surface area contributed by atoms with Crippen LogP contribution in [0.1, 0.15) is 6.92 Å². The molecule has 0 fully saturated rings. The van der Waals surface area contributed by atoms with E-state index in [2.05, 4.69) is 4.98 Å². The molecule has 0 aliphatic heterocycles. The molecule has 0 bridgehead atoms. The van der Waals surface area contributed by atoms with Crippen molar-refractivity contribution in [1.29, 1.82) is 0 Å². The Balaban J connectivity index is 2.27. The normalized spacial score (nSPS) is 10.7. The average molecular weight is 277 g/mol. The Hall–Kier alpha value is -2.57. The zero-order valence-corrected chi connectivity index (χ0v) is 11.0. The highest BCUT2D eigenvalue weighted by molar-refractivity contribution is 5.83. The number of benzene rings is 1. The van der Waals surface area contributed by atoms with Crippen LogP contribution in [0.5, 0.6) is 0 Å². The van der Waals surface area contributed by atoms with Crippen molar-refractivity contribution in [3.8, 4) is 0 Å². The number of para-hydroxylation sites is 2. The minimum Gasteiger partial charge on any atom is -0.480 e. The van der Waals surface area contributed by atoms with E-state index in [1.54, 1.807) is 31.2 Å². The first-order valence-corrected chi connectivity index (χ1v) is 6.20. The van der Waals surface area contributed by atoms with Gasteiger partial charge in [-0.25, -0.2) is 4.79 Å². The second-order valence-electron chi connectivity index (χ2n) is 4.34. The number of aliphatic carboxylic acids is 1. The Kier molecular flexibility index (Phi) is 3.88. The molecule has 2 rings (SSSR count). The zero-order valence-electron chi connectivity index (χ0n) is 11.0. The maximum Gasteiger partial charge on any atom is 0.326 e. The fraction of sp³-hybridized carbons (Fsp3) is 0.308. The number of aromatic nitrogens is 2. The van der Waals surface area contributed by atoms with Crippen LogP contribution in [-0.4, -0.2) is 44.5 Å². The van der Waals surface area contributed by atoms with Gasteiger partial charge in [0.25, 0.3) is 0 Å². The third-order valence-corrected chi connectivity index (χ3v) is 3.04. The third kappa shape index (κ3) is 2.71. The minimum absolute atomic E-state index is 0.177. The van der Waals surface area contributed by atoms with Crippen molar-refractivity contribution in [1.82, 2.24) is 14.5 Å². The third-order valence-electron chi connectivity index (χ3n) is 3.04. The molecule has 106 valence electrons. The number of carboxylic acids is 1. The minimum atomic E-state index is -1.08. The van der Waals surface area contributed by atoms with E-state index < -0.39 is 11.9 Å². The second-order valence-corrected chi connectivity index (χ2v) is 4.34. The molecule has 0 unspecified atom stereocenters. The molecule has 0 radical (unpaired) electrons. The van der Waals surface area contributed by atoms with Gasteiger partial charge < -0.3 is 15.0 Å². The molecule has 2 N–H and O–H groups in total. The van der Waals surface area contributed by atoms with Crippen LogP contribution in [0.25, 0.3) is 11.0 Å². The van der Waals surface area contributed by atoms with Crippen LogP contribution in [0.2, 0.25) is 0 Å². The van der Waals surface area contributed by atoms with Gasteiger partial charge in [-0.05, 0) is 19.1 Å². The number of carbonyl (C=O) groups excluding carboxylic acids is 1. The van der Waals surface area contributed by atoms with Crippen molar-refractivity contribution in [2.75, 3.05) is 13.1 Å². The quantitative estimate of drug-likeness (QED) is 0.819. The van der Waals surface area contributed by atoms with E-state index in [-0.39, 0.29) is 25.3 Å². The number of imidazole rings is 1. The predicted octanol–water partition coefficient (Wildman–Crippen LogP) is 0.263. The van der Waals surface area contributed by atoms with E-state index in [9.17, 15) is 14.4 Å². The van der Waals surface area contributed by atoms with Gasteiger partial charge >= 0.3 is 11.7 Å². The van der Waals surface area contributed by atoms with Crippen LogP contribution >= 0.6 is 0 Å². The van der Waals surface area contributed by atoms with Crippen molar-refractivity contribution < 1.29 is 14.7 Å². The number of nitrogens with one attached hydrogen (secondary N) is 1. The first kappa shape index (κ1) is 13.9. The summed E-state index contributed by atoms with van der Waals surface area (Å²) in [5.74, 6) is -1.48. The predicted molar refractivity (Wildman–Crippen MR) is 72.4 cm³/mol. The standard InChI is InChI=1S/C13H15N3O4/c1-2-15(8-12(18)19)11(17)7-16-10-6-4-3-5-9(10)14-13(16)20/h3-6H,2,7-8H2,1H3,(H,14,20)(H,18,19). The lowest BCUT2D eigenvalue weighted by Crippen LogP contribution is -2.39. The Bertz CT molecular complexity index is 701. The monoisotopic (exact) mass is 277 g/mol. The van der Waals surface area contributed by atoms with Gasteiger partial charge in [0.2, 0.25) is 5.91 Å². The van der Waals surface area contributed by atoms with Crippen LogP contribution in [0.3, 0.4) is 0 Å². The number of aromatic amines is 1. The van der Waals surface area contributed by atoms with Gasteiger partial charge in [-0.2, -0.15) is 0 Å². The van der Waals surface area contributed by atoms with Gasteiger partial charge in [0, 0.05) is 6.54 Å². The number of hydrogen-bond acceptors (Lipinski definition) is 3. The van der Waals surface area contributed by atoms with Crippen LogP contribution in [0.4, 0.5) is 0 Å². The molecule has 0 aliphatic rings. The molecule has 7 heteroatoms. The molecule has 1 aromatic heterocycles. The van der Waals surface area contributed by atoms with Gasteiger partial charge in [0.1, 0.15) is 13.1 Å². The highest BCUT2D eigenvalue weighted by atomic mass is 16.4.